The van der Waals surface area contributed by atoms with Crippen molar-refractivity contribution in [2.75, 3.05) is 13.7 Å². The number of ether oxygens (including phenoxy) is 1. The van der Waals surface area contributed by atoms with Crippen LogP contribution in [0.5, 0.6) is 0 Å². The van der Waals surface area contributed by atoms with E-state index in [0.29, 0.717) is 12.5 Å². The molecule has 0 bridgehead atoms. The van der Waals surface area contributed by atoms with Crippen LogP contribution >= 0.6 is 0 Å². The lowest BCUT2D eigenvalue weighted by Crippen LogP contribution is -2.51. The van der Waals surface area contributed by atoms with E-state index in [0.717, 1.165) is 12.3 Å². The zero-order valence-electron chi connectivity index (χ0n) is 10.6. The fraction of sp³-hybridized carbons (Fsp3) is 1.00. The number of rotatable bonds is 5. The van der Waals surface area contributed by atoms with E-state index < -0.39 is 0 Å². The maximum atomic E-state index is 6.47. The molecule has 3 unspecified atom stereocenters. The maximum absolute atomic E-state index is 6.47. The first kappa shape index (κ1) is 13.0. The van der Waals surface area contributed by atoms with E-state index in [9.17, 15) is 0 Å². The van der Waals surface area contributed by atoms with Gasteiger partial charge in [0, 0.05) is 12.6 Å². The number of hydrogen-bond acceptors (Lipinski definition) is 2. The van der Waals surface area contributed by atoms with Gasteiger partial charge >= 0.3 is 0 Å². The molecule has 0 aromatic carbocycles. The second kappa shape index (κ2) is 5.86. The highest BCUT2D eigenvalue weighted by molar-refractivity contribution is 4.93. The smallest absolute Gasteiger partial charge is 0.0645 e. The lowest BCUT2D eigenvalue weighted by Gasteiger charge is -2.41. The molecular formula is C13H27NO. The topological polar surface area (TPSA) is 35.2 Å². The fourth-order valence-corrected chi connectivity index (χ4v) is 2.96. The van der Waals surface area contributed by atoms with Crippen molar-refractivity contribution in [3.8, 4) is 0 Å². The molecule has 0 aromatic heterocycles. The van der Waals surface area contributed by atoms with Crippen LogP contribution in [-0.2, 0) is 4.74 Å². The third-order valence-corrected chi connectivity index (χ3v) is 4.24. The highest BCUT2D eigenvalue weighted by Gasteiger charge is 2.36. The molecule has 0 saturated heterocycles. The molecule has 1 aliphatic rings. The average molecular weight is 213 g/mol. The molecule has 15 heavy (non-hydrogen) atoms. The van der Waals surface area contributed by atoms with Crippen molar-refractivity contribution in [2.45, 2.75) is 57.9 Å². The molecule has 2 N–H and O–H groups in total. The first-order chi connectivity index (χ1) is 7.16. The first-order valence-electron chi connectivity index (χ1n) is 6.44. The first-order valence-corrected chi connectivity index (χ1v) is 6.44. The zero-order valence-corrected chi connectivity index (χ0v) is 10.6. The van der Waals surface area contributed by atoms with E-state index >= 15 is 0 Å². The SMILES string of the molecule is CCC1CCCC(C(N)(CC)COC)C1. The third kappa shape index (κ3) is 3.18. The standard InChI is InChI=1S/C13H27NO/c1-4-11-7-6-8-12(9-11)13(14,5-2)10-15-3/h11-12H,4-10,14H2,1-3H3. The molecule has 1 fully saturated rings. The van der Waals surface area contributed by atoms with Crippen LogP contribution in [-0.4, -0.2) is 19.3 Å². The molecular weight excluding hydrogens is 186 g/mol. The average Bonchev–Trinajstić information content (AvgIpc) is 2.29. The lowest BCUT2D eigenvalue weighted by atomic mass is 9.70. The summed E-state index contributed by atoms with van der Waals surface area (Å²) in [7, 11) is 1.76. The Morgan fingerprint density at radius 1 is 1.33 bits per heavy atom. The summed E-state index contributed by atoms with van der Waals surface area (Å²) in [6.07, 6.45) is 7.70. The van der Waals surface area contributed by atoms with E-state index in [-0.39, 0.29) is 5.54 Å². The Hall–Kier alpha value is -0.0800. The van der Waals surface area contributed by atoms with Crippen LogP contribution in [0, 0.1) is 11.8 Å². The summed E-state index contributed by atoms with van der Waals surface area (Å²) >= 11 is 0. The van der Waals surface area contributed by atoms with Crippen LogP contribution in [0.2, 0.25) is 0 Å². The van der Waals surface area contributed by atoms with Crippen LogP contribution in [0.3, 0.4) is 0 Å². The van der Waals surface area contributed by atoms with E-state index in [4.69, 9.17) is 10.5 Å². The predicted molar refractivity (Wildman–Crippen MR) is 64.8 cm³/mol. The Balaban J connectivity index is 2.58. The molecule has 0 spiro atoms. The van der Waals surface area contributed by atoms with Gasteiger partial charge in [-0.15, -0.1) is 0 Å². The van der Waals surface area contributed by atoms with Crippen molar-refractivity contribution in [1.29, 1.82) is 0 Å². The van der Waals surface area contributed by atoms with Crippen molar-refractivity contribution < 1.29 is 4.74 Å². The minimum Gasteiger partial charge on any atom is -0.383 e. The van der Waals surface area contributed by atoms with Gasteiger partial charge in [-0.3, -0.25) is 0 Å². The van der Waals surface area contributed by atoms with Gasteiger partial charge in [0.25, 0.3) is 0 Å². The van der Waals surface area contributed by atoms with E-state index in [1.165, 1.54) is 32.1 Å². The molecule has 0 aliphatic heterocycles. The van der Waals surface area contributed by atoms with Gasteiger partial charge in [0.1, 0.15) is 0 Å². The molecule has 1 saturated carbocycles. The molecule has 0 radical (unpaired) electrons. The Morgan fingerprint density at radius 2 is 2.07 bits per heavy atom. The zero-order chi connectivity index (χ0) is 11.3. The molecule has 90 valence electrons. The van der Waals surface area contributed by atoms with Gasteiger partial charge in [-0.25, -0.2) is 0 Å². The van der Waals surface area contributed by atoms with Gasteiger partial charge < -0.3 is 10.5 Å². The van der Waals surface area contributed by atoms with Crippen molar-refractivity contribution in [3.05, 3.63) is 0 Å². The Morgan fingerprint density at radius 3 is 2.60 bits per heavy atom. The highest BCUT2D eigenvalue weighted by atomic mass is 16.5. The fourth-order valence-electron chi connectivity index (χ4n) is 2.96. The molecule has 2 nitrogen and oxygen atoms in total. The second-order valence-electron chi connectivity index (χ2n) is 5.16. The van der Waals surface area contributed by atoms with Crippen molar-refractivity contribution in [2.24, 2.45) is 17.6 Å². The van der Waals surface area contributed by atoms with E-state index in [1.54, 1.807) is 7.11 Å². The minimum atomic E-state index is -0.0808. The molecule has 1 rings (SSSR count). The van der Waals surface area contributed by atoms with Gasteiger partial charge in [-0.05, 0) is 31.1 Å². The Bertz CT molecular complexity index is 183. The predicted octanol–water partition coefficient (Wildman–Crippen LogP) is 2.96. The summed E-state index contributed by atoms with van der Waals surface area (Å²) in [5.74, 6) is 1.57. The summed E-state index contributed by atoms with van der Waals surface area (Å²) in [6.45, 7) is 5.20. The van der Waals surface area contributed by atoms with Gasteiger partial charge in [0.2, 0.25) is 0 Å². The number of methoxy groups -OCH3 is 1. The molecule has 0 amide bonds. The van der Waals surface area contributed by atoms with Crippen LogP contribution in [0.25, 0.3) is 0 Å². The molecule has 2 heteroatoms. The van der Waals surface area contributed by atoms with Crippen molar-refractivity contribution in [1.82, 2.24) is 0 Å². The minimum absolute atomic E-state index is 0.0808. The van der Waals surface area contributed by atoms with Crippen LogP contribution in [0.1, 0.15) is 52.4 Å². The largest absolute Gasteiger partial charge is 0.383 e. The maximum Gasteiger partial charge on any atom is 0.0645 e. The monoisotopic (exact) mass is 213 g/mol. The second-order valence-corrected chi connectivity index (χ2v) is 5.16. The third-order valence-electron chi connectivity index (χ3n) is 4.24. The summed E-state index contributed by atoms with van der Waals surface area (Å²) < 4.78 is 5.29. The Kier molecular flexibility index (Phi) is 5.07. The molecule has 0 aromatic rings. The van der Waals surface area contributed by atoms with E-state index in [2.05, 4.69) is 13.8 Å². The molecule has 1 aliphatic carbocycles. The molecule has 3 atom stereocenters. The van der Waals surface area contributed by atoms with E-state index in [1.807, 2.05) is 0 Å². The number of hydrogen-bond donors (Lipinski definition) is 1. The van der Waals surface area contributed by atoms with Gasteiger partial charge in [-0.1, -0.05) is 33.1 Å². The van der Waals surface area contributed by atoms with Crippen LogP contribution in [0.15, 0.2) is 0 Å². The van der Waals surface area contributed by atoms with Crippen molar-refractivity contribution in [3.63, 3.8) is 0 Å². The van der Waals surface area contributed by atoms with Gasteiger partial charge in [-0.2, -0.15) is 0 Å². The summed E-state index contributed by atoms with van der Waals surface area (Å²) in [5.41, 5.74) is 6.39. The summed E-state index contributed by atoms with van der Waals surface area (Å²) in [5, 5.41) is 0. The Labute approximate surface area is 94.6 Å². The van der Waals surface area contributed by atoms with Gasteiger partial charge in [0.05, 0.1) is 6.61 Å². The van der Waals surface area contributed by atoms with Gasteiger partial charge in [0.15, 0.2) is 0 Å². The van der Waals surface area contributed by atoms with Crippen LogP contribution < -0.4 is 5.73 Å². The number of nitrogens with two attached hydrogens (primary N) is 1. The van der Waals surface area contributed by atoms with Crippen LogP contribution in [0.4, 0.5) is 0 Å². The normalized spacial score (nSPS) is 31.2. The van der Waals surface area contributed by atoms with Crippen molar-refractivity contribution >= 4 is 0 Å². The highest BCUT2D eigenvalue weighted by Crippen LogP contribution is 2.37. The lowest BCUT2D eigenvalue weighted by molar-refractivity contribution is 0.0638. The summed E-state index contributed by atoms with van der Waals surface area (Å²) in [6, 6.07) is 0. The quantitative estimate of drug-likeness (QED) is 0.762. The summed E-state index contributed by atoms with van der Waals surface area (Å²) in [4.78, 5) is 0. The molecule has 0 heterocycles.